The first-order chi connectivity index (χ1) is 11.6. The minimum atomic E-state index is -0.278. The van der Waals surface area contributed by atoms with Crippen LogP contribution in [0.4, 0.5) is 21.8 Å². The fraction of sp³-hybridized carbons (Fsp3) is 0.0625. The van der Waals surface area contributed by atoms with Crippen LogP contribution in [0, 0.1) is 5.82 Å². The molecule has 1 heterocycles. The maximum atomic E-state index is 12.9. The molecule has 0 spiro atoms. The second-order valence-electron chi connectivity index (χ2n) is 4.87. The molecular formula is C16H12Cl2FN5. The maximum Gasteiger partial charge on any atom is 0.244 e. The standard InChI is InChI=1S/C16H12Cl2FN5/c17-12-2-1-3-13(18)15(12)22-14-9-21-24-16(23-14)20-8-10-4-6-11(19)7-5-10/h1-7,9H,8H2,(H2,20,22,23,24). The van der Waals surface area contributed by atoms with Crippen LogP contribution in [0.2, 0.25) is 10.0 Å². The van der Waals surface area contributed by atoms with Gasteiger partial charge in [0.25, 0.3) is 0 Å². The van der Waals surface area contributed by atoms with Crippen molar-refractivity contribution in [1.82, 2.24) is 15.2 Å². The Labute approximate surface area is 147 Å². The van der Waals surface area contributed by atoms with Gasteiger partial charge in [-0.1, -0.05) is 41.4 Å². The number of aromatic nitrogens is 3. The molecule has 2 N–H and O–H groups in total. The second-order valence-corrected chi connectivity index (χ2v) is 5.68. The molecule has 0 amide bonds. The van der Waals surface area contributed by atoms with E-state index < -0.39 is 0 Å². The van der Waals surface area contributed by atoms with Crippen LogP contribution in [0.3, 0.4) is 0 Å². The normalized spacial score (nSPS) is 10.5. The summed E-state index contributed by atoms with van der Waals surface area (Å²) in [6, 6.07) is 11.4. The molecule has 0 radical (unpaired) electrons. The number of nitrogens with one attached hydrogen (secondary N) is 2. The first-order valence-electron chi connectivity index (χ1n) is 7.01. The van der Waals surface area contributed by atoms with Crippen LogP contribution in [0.1, 0.15) is 5.56 Å². The zero-order chi connectivity index (χ0) is 16.9. The number of anilines is 3. The highest BCUT2D eigenvalue weighted by atomic mass is 35.5. The average Bonchev–Trinajstić information content (AvgIpc) is 2.58. The fourth-order valence-electron chi connectivity index (χ4n) is 1.97. The molecule has 0 saturated carbocycles. The van der Waals surface area contributed by atoms with Gasteiger partial charge >= 0.3 is 0 Å². The van der Waals surface area contributed by atoms with E-state index in [1.54, 1.807) is 30.3 Å². The van der Waals surface area contributed by atoms with Crippen LogP contribution in [0.25, 0.3) is 0 Å². The van der Waals surface area contributed by atoms with Crippen molar-refractivity contribution in [3.05, 3.63) is 70.1 Å². The lowest BCUT2D eigenvalue weighted by Crippen LogP contribution is -2.06. The summed E-state index contributed by atoms with van der Waals surface area (Å²) >= 11 is 12.2. The lowest BCUT2D eigenvalue weighted by Gasteiger charge is -2.10. The SMILES string of the molecule is Fc1ccc(CNc2nncc(Nc3c(Cl)cccc3Cl)n2)cc1. The molecule has 1 aromatic heterocycles. The Kier molecular flexibility index (Phi) is 5.08. The van der Waals surface area contributed by atoms with Gasteiger partial charge in [-0.2, -0.15) is 10.1 Å². The van der Waals surface area contributed by atoms with Gasteiger partial charge in [0.05, 0.1) is 21.9 Å². The molecule has 0 atom stereocenters. The lowest BCUT2D eigenvalue weighted by atomic mass is 10.2. The minimum Gasteiger partial charge on any atom is -0.349 e. The lowest BCUT2D eigenvalue weighted by molar-refractivity contribution is 0.627. The molecule has 0 aliphatic rings. The van der Waals surface area contributed by atoms with Crippen LogP contribution in [-0.4, -0.2) is 15.2 Å². The largest absolute Gasteiger partial charge is 0.349 e. The molecule has 0 aliphatic heterocycles. The van der Waals surface area contributed by atoms with Gasteiger partial charge in [-0.05, 0) is 29.8 Å². The first kappa shape index (κ1) is 16.4. The van der Waals surface area contributed by atoms with Crippen molar-refractivity contribution < 1.29 is 4.39 Å². The molecule has 24 heavy (non-hydrogen) atoms. The molecular weight excluding hydrogens is 352 g/mol. The van der Waals surface area contributed by atoms with E-state index in [4.69, 9.17) is 23.2 Å². The number of halogens is 3. The van der Waals surface area contributed by atoms with Crippen molar-refractivity contribution in [3.63, 3.8) is 0 Å². The molecule has 3 aromatic rings. The molecule has 5 nitrogen and oxygen atoms in total. The van der Waals surface area contributed by atoms with Crippen molar-refractivity contribution >= 4 is 40.7 Å². The van der Waals surface area contributed by atoms with E-state index in [1.807, 2.05) is 0 Å². The van der Waals surface area contributed by atoms with Crippen molar-refractivity contribution in [2.45, 2.75) is 6.54 Å². The fourth-order valence-corrected chi connectivity index (χ4v) is 2.46. The van der Waals surface area contributed by atoms with Gasteiger partial charge in [0.1, 0.15) is 5.82 Å². The van der Waals surface area contributed by atoms with Crippen molar-refractivity contribution in [2.75, 3.05) is 10.6 Å². The predicted molar refractivity (Wildman–Crippen MR) is 93.3 cm³/mol. The quantitative estimate of drug-likeness (QED) is 0.689. The maximum absolute atomic E-state index is 12.9. The Morgan fingerprint density at radius 1 is 1.00 bits per heavy atom. The highest BCUT2D eigenvalue weighted by Crippen LogP contribution is 2.31. The molecule has 0 fully saturated rings. The number of nitrogens with zero attached hydrogens (tertiary/aromatic N) is 3. The van der Waals surface area contributed by atoms with Gasteiger partial charge in [0, 0.05) is 6.54 Å². The summed E-state index contributed by atoms with van der Waals surface area (Å²) in [5, 5.41) is 14.8. The van der Waals surface area contributed by atoms with Crippen LogP contribution in [0.5, 0.6) is 0 Å². The molecule has 8 heteroatoms. The summed E-state index contributed by atoms with van der Waals surface area (Å²) < 4.78 is 12.9. The number of benzene rings is 2. The Balaban J connectivity index is 1.71. The molecule has 0 bridgehead atoms. The Hall–Kier alpha value is -2.44. The summed E-state index contributed by atoms with van der Waals surface area (Å²) in [4.78, 5) is 4.30. The predicted octanol–water partition coefficient (Wildman–Crippen LogP) is 4.67. The van der Waals surface area contributed by atoms with Crippen molar-refractivity contribution in [3.8, 4) is 0 Å². The molecule has 0 unspecified atom stereocenters. The van der Waals surface area contributed by atoms with Gasteiger partial charge < -0.3 is 10.6 Å². The molecule has 0 aliphatic carbocycles. The summed E-state index contributed by atoms with van der Waals surface area (Å²) in [5.74, 6) is 0.494. The van der Waals surface area contributed by atoms with Gasteiger partial charge in [-0.15, -0.1) is 5.10 Å². The van der Waals surface area contributed by atoms with Crippen LogP contribution < -0.4 is 10.6 Å². The zero-order valence-corrected chi connectivity index (χ0v) is 13.8. The highest BCUT2D eigenvalue weighted by molar-refractivity contribution is 6.39. The van der Waals surface area contributed by atoms with E-state index in [2.05, 4.69) is 25.8 Å². The third kappa shape index (κ3) is 4.10. The van der Waals surface area contributed by atoms with Crippen LogP contribution in [0.15, 0.2) is 48.7 Å². The third-order valence-corrected chi connectivity index (χ3v) is 3.77. The zero-order valence-electron chi connectivity index (χ0n) is 12.3. The topological polar surface area (TPSA) is 62.7 Å². The number of rotatable bonds is 5. The first-order valence-corrected chi connectivity index (χ1v) is 7.76. The van der Waals surface area contributed by atoms with Crippen molar-refractivity contribution in [1.29, 1.82) is 0 Å². The van der Waals surface area contributed by atoms with E-state index in [0.717, 1.165) is 5.56 Å². The van der Waals surface area contributed by atoms with Crippen molar-refractivity contribution in [2.24, 2.45) is 0 Å². The van der Waals surface area contributed by atoms with E-state index in [-0.39, 0.29) is 5.82 Å². The van der Waals surface area contributed by atoms with E-state index in [9.17, 15) is 4.39 Å². The van der Waals surface area contributed by atoms with Gasteiger partial charge in [0.15, 0.2) is 5.82 Å². The van der Waals surface area contributed by atoms with Gasteiger partial charge in [-0.3, -0.25) is 0 Å². The van der Waals surface area contributed by atoms with Crippen LogP contribution in [-0.2, 0) is 6.54 Å². The minimum absolute atomic E-state index is 0.278. The molecule has 2 aromatic carbocycles. The van der Waals surface area contributed by atoms with Gasteiger partial charge in [-0.25, -0.2) is 4.39 Å². The van der Waals surface area contributed by atoms with E-state index >= 15 is 0 Å². The molecule has 122 valence electrons. The molecule has 3 rings (SSSR count). The van der Waals surface area contributed by atoms with Crippen LogP contribution >= 0.6 is 23.2 Å². The Morgan fingerprint density at radius 2 is 1.71 bits per heavy atom. The number of para-hydroxylation sites is 1. The number of hydrogen-bond acceptors (Lipinski definition) is 5. The van der Waals surface area contributed by atoms with E-state index in [1.165, 1.54) is 18.3 Å². The highest BCUT2D eigenvalue weighted by Gasteiger charge is 2.08. The van der Waals surface area contributed by atoms with Gasteiger partial charge in [0.2, 0.25) is 5.95 Å². The third-order valence-electron chi connectivity index (χ3n) is 3.14. The Bertz CT molecular complexity index is 822. The monoisotopic (exact) mass is 363 g/mol. The molecule has 0 saturated heterocycles. The summed E-state index contributed by atoms with van der Waals surface area (Å²) in [6.07, 6.45) is 1.46. The van der Waals surface area contributed by atoms with E-state index in [0.29, 0.717) is 34.0 Å². The average molecular weight is 364 g/mol. The summed E-state index contributed by atoms with van der Waals surface area (Å²) in [6.45, 7) is 0.443. The summed E-state index contributed by atoms with van der Waals surface area (Å²) in [7, 11) is 0. The smallest absolute Gasteiger partial charge is 0.244 e. The second kappa shape index (κ2) is 7.42. The summed E-state index contributed by atoms with van der Waals surface area (Å²) in [5.41, 5.74) is 1.44. The number of hydrogen-bond donors (Lipinski definition) is 2. The Morgan fingerprint density at radius 3 is 2.42 bits per heavy atom.